The molecule has 5 nitrogen and oxygen atoms in total. The van der Waals surface area contributed by atoms with E-state index in [0.717, 1.165) is 53.7 Å². The van der Waals surface area contributed by atoms with Gasteiger partial charge in [-0.25, -0.2) is 0 Å². The molecule has 2 aliphatic heterocycles. The Morgan fingerprint density at radius 3 is 2.80 bits per heavy atom. The van der Waals surface area contributed by atoms with Gasteiger partial charge in [-0.05, 0) is 52.0 Å². The number of amides is 1. The second-order valence-corrected chi connectivity index (χ2v) is 7.65. The number of anilines is 1. The molecule has 0 radical (unpaired) electrons. The van der Waals surface area contributed by atoms with Gasteiger partial charge in [-0.15, -0.1) is 0 Å². The van der Waals surface area contributed by atoms with E-state index in [0.29, 0.717) is 19.8 Å². The Kier molecular flexibility index (Phi) is 4.60. The van der Waals surface area contributed by atoms with Gasteiger partial charge in [0.1, 0.15) is 12.4 Å². The van der Waals surface area contributed by atoms with Crippen LogP contribution < -0.4 is 9.64 Å². The van der Waals surface area contributed by atoms with Crippen LogP contribution in [0.2, 0.25) is 0 Å². The summed E-state index contributed by atoms with van der Waals surface area (Å²) in [6, 6.07) is 4.04. The zero-order valence-corrected chi connectivity index (χ0v) is 15.9. The van der Waals surface area contributed by atoms with E-state index in [1.54, 1.807) is 6.92 Å². The van der Waals surface area contributed by atoms with Crippen LogP contribution in [0.3, 0.4) is 0 Å². The minimum atomic E-state index is -0.381. The van der Waals surface area contributed by atoms with Crippen molar-refractivity contribution in [2.24, 2.45) is 0 Å². The van der Waals surface area contributed by atoms with Crippen molar-refractivity contribution in [1.29, 1.82) is 0 Å². The molecule has 3 aliphatic rings. The molecule has 25 heavy (non-hydrogen) atoms. The Labute approximate surface area is 156 Å². The molecular weight excluding hydrogens is 386 g/mol. The lowest BCUT2D eigenvalue weighted by atomic mass is 9.94. The Morgan fingerprint density at radius 2 is 2.12 bits per heavy atom. The molecule has 1 spiro atoms. The van der Waals surface area contributed by atoms with Crippen LogP contribution in [0.15, 0.2) is 28.3 Å². The van der Waals surface area contributed by atoms with Gasteiger partial charge >= 0.3 is 0 Å². The number of ether oxygens (including phenoxy) is 3. The third-order valence-electron chi connectivity index (χ3n) is 5.16. The minimum Gasteiger partial charge on any atom is -0.488 e. The number of rotatable bonds is 3. The number of fused-ring (bicyclic) bond motifs is 1. The molecule has 0 unspecified atom stereocenters. The first-order chi connectivity index (χ1) is 12.1. The highest BCUT2D eigenvalue weighted by atomic mass is 79.9. The quantitative estimate of drug-likeness (QED) is 0.718. The number of nitrogens with zero attached hydrogens (tertiary/aromatic N) is 1. The van der Waals surface area contributed by atoms with Crippen molar-refractivity contribution < 1.29 is 19.0 Å². The largest absolute Gasteiger partial charge is 0.488 e. The molecule has 134 valence electrons. The minimum absolute atomic E-state index is 0.0805. The summed E-state index contributed by atoms with van der Waals surface area (Å²) in [5, 5.41) is 0. The molecule has 4 rings (SSSR count). The zero-order chi connectivity index (χ0) is 17.4. The third kappa shape index (κ3) is 3.35. The van der Waals surface area contributed by atoms with Crippen LogP contribution in [0.25, 0.3) is 0 Å². The van der Waals surface area contributed by atoms with Gasteiger partial charge in [0.15, 0.2) is 5.79 Å². The average Bonchev–Trinajstić information content (AvgIpc) is 3.21. The van der Waals surface area contributed by atoms with Gasteiger partial charge in [-0.2, -0.15) is 0 Å². The SMILES string of the molecule is CC(=O)N1CCc2cc(OCC3=CCC4(CC3)OCCO4)c(Br)cc21. The summed E-state index contributed by atoms with van der Waals surface area (Å²) in [5.41, 5.74) is 3.43. The molecule has 0 N–H and O–H groups in total. The molecular formula is C19H22BrNO4. The highest BCUT2D eigenvalue weighted by molar-refractivity contribution is 9.10. The lowest BCUT2D eigenvalue weighted by Gasteiger charge is -2.30. The van der Waals surface area contributed by atoms with E-state index in [2.05, 4.69) is 28.1 Å². The Bertz CT molecular complexity index is 724. The molecule has 0 saturated carbocycles. The van der Waals surface area contributed by atoms with Crippen molar-refractivity contribution in [3.05, 3.63) is 33.8 Å². The first-order valence-electron chi connectivity index (χ1n) is 8.75. The number of hydrogen-bond acceptors (Lipinski definition) is 4. The second kappa shape index (κ2) is 6.74. The predicted molar refractivity (Wildman–Crippen MR) is 97.9 cm³/mol. The number of hydrogen-bond donors (Lipinski definition) is 0. The first kappa shape index (κ1) is 17.1. The summed E-state index contributed by atoms with van der Waals surface area (Å²) < 4.78 is 18.4. The Morgan fingerprint density at radius 1 is 1.32 bits per heavy atom. The van der Waals surface area contributed by atoms with Gasteiger partial charge in [0, 0.05) is 32.0 Å². The molecule has 0 aromatic heterocycles. The van der Waals surface area contributed by atoms with E-state index < -0.39 is 0 Å². The van der Waals surface area contributed by atoms with Gasteiger partial charge in [0.25, 0.3) is 0 Å². The topological polar surface area (TPSA) is 48.0 Å². The van der Waals surface area contributed by atoms with E-state index in [-0.39, 0.29) is 11.7 Å². The van der Waals surface area contributed by atoms with Crippen molar-refractivity contribution in [2.45, 2.75) is 38.4 Å². The lowest BCUT2D eigenvalue weighted by molar-refractivity contribution is -0.161. The van der Waals surface area contributed by atoms with E-state index in [4.69, 9.17) is 14.2 Å². The van der Waals surface area contributed by atoms with E-state index in [1.807, 2.05) is 11.0 Å². The molecule has 0 bridgehead atoms. The van der Waals surface area contributed by atoms with Gasteiger partial charge in [-0.1, -0.05) is 6.08 Å². The fourth-order valence-corrected chi connectivity index (χ4v) is 4.19. The molecule has 1 amide bonds. The van der Waals surface area contributed by atoms with Crippen LogP contribution in [-0.2, 0) is 20.7 Å². The van der Waals surface area contributed by atoms with Crippen molar-refractivity contribution in [2.75, 3.05) is 31.3 Å². The summed E-state index contributed by atoms with van der Waals surface area (Å²) in [5.74, 6) is 0.532. The first-order valence-corrected chi connectivity index (χ1v) is 9.55. The van der Waals surface area contributed by atoms with Gasteiger partial charge in [-0.3, -0.25) is 4.79 Å². The molecule has 6 heteroatoms. The molecule has 1 aromatic carbocycles. The standard InChI is InChI=1S/C19H22BrNO4/c1-13(22)21-7-4-15-10-18(16(20)11-17(15)21)23-12-14-2-5-19(6-3-14)24-8-9-25-19/h2,10-11H,3-9,12H2,1H3. The van der Waals surface area contributed by atoms with E-state index in [1.165, 1.54) is 5.57 Å². The van der Waals surface area contributed by atoms with Crippen molar-refractivity contribution >= 4 is 27.5 Å². The van der Waals surface area contributed by atoms with E-state index >= 15 is 0 Å². The fraction of sp³-hybridized carbons (Fsp3) is 0.526. The predicted octanol–water partition coefficient (Wildman–Crippen LogP) is 3.59. The van der Waals surface area contributed by atoms with Gasteiger partial charge in [0.05, 0.1) is 17.7 Å². The molecule has 2 heterocycles. The fourth-order valence-electron chi connectivity index (χ4n) is 3.74. The van der Waals surface area contributed by atoms with Crippen LogP contribution >= 0.6 is 15.9 Å². The molecule has 1 saturated heterocycles. The highest BCUT2D eigenvalue weighted by Crippen LogP contribution is 2.38. The van der Waals surface area contributed by atoms with Crippen molar-refractivity contribution in [3.8, 4) is 5.75 Å². The zero-order valence-electron chi connectivity index (χ0n) is 14.3. The summed E-state index contributed by atoms with van der Waals surface area (Å²) in [7, 11) is 0. The normalized spacial score (nSPS) is 21.4. The van der Waals surface area contributed by atoms with Crippen LogP contribution in [0, 0.1) is 0 Å². The lowest BCUT2D eigenvalue weighted by Crippen LogP contribution is -2.32. The third-order valence-corrected chi connectivity index (χ3v) is 5.78. The number of carbonyl (C=O) groups is 1. The van der Waals surface area contributed by atoms with Gasteiger partial charge < -0.3 is 19.1 Å². The maximum absolute atomic E-state index is 11.7. The Balaban J connectivity index is 1.42. The summed E-state index contributed by atoms with van der Waals surface area (Å²) in [4.78, 5) is 13.5. The summed E-state index contributed by atoms with van der Waals surface area (Å²) in [6.07, 6.45) is 5.68. The highest BCUT2D eigenvalue weighted by Gasteiger charge is 2.37. The maximum Gasteiger partial charge on any atom is 0.223 e. The molecule has 1 aromatic rings. The van der Waals surface area contributed by atoms with Gasteiger partial charge in [0.2, 0.25) is 5.91 Å². The summed E-state index contributed by atoms with van der Waals surface area (Å²) >= 11 is 3.58. The second-order valence-electron chi connectivity index (χ2n) is 6.79. The Hall–Kier alpha value is -1.37. The monoisotopic (exact) mass is 407 g/mol. The summed E-state index contributed by atoms with van der Waals surface area (Å²) in [6.45, 7) is 4.31. The molecule has 1 aliphatic carbocycles. The number of carbonyl (C=O) groups excluding carboxylic acids is 1. The van der Waals surface area contributed by atoms with Crippen LogP contribution in [0.4, 0.5) is 5.69 Å². The van der Waals surface area contributed by atoms with Crippen LogP contribution in [0.5, 0.6) is 5.75 Å². The molecule has 0 atom stereocenters. The van der Waals surface area contributed by atoms with Crippen molar-refractivity contribution in [3.63, 3.8) is 0 Å². The number of benzene rings is 1. The molecule has 1 fully saturated rings. The van der Waals surface area contributed by atoms with Crippen LogP contribution in [-0.4, -0.2) is 38.1 Å². The van der Waals surface area contributed by atoms with Crippen LogP contribution in [0.1, 0.15) is 31.7 Å². The van der Waals surface area contributed by atoms with E-state index in [9.17, 15) is 4.79 Å². The number of halogens is 1. The average molecular weight is 408 g/mol. The maximum atomic E-state index is 11.7. The van der Waals surface area contributed by atoms with Crippen molar-refractivity contribution in [1.82, 2.24) is 0 Å². The smallest absolute Gasteiger partial charge is 0.223 e.